The van der Waals surface area contributed by atoms with Crippen molar-refractivity contribution in [2.24, 2.45) is 13.0 Å². The minimum Gasteiger partial charge on any atom is -0.388 e. The molecular weight excluding hydrogens is 926 g/mol. The van der Waals surface area contributed by atoms with Crippen LogP contribution in [0.4, 0.5) is 10.1 Å². The van der Waals surface area contributed by atoms with Gasteiger partial charge in [0.15, 0.2) is 0 Å². The number of imide groups is 1. The van der Waals surface area contributed by atoms with Crippen molar-refractivity contribution in [3.63, 3.8) is 0 Å². The zero-order valence-electron chi connectivity index (χ0n) is 42.6. The number of aromatic nitrogens is 5. The molecule has 11 rings (SSSR count). The van der Waals surface area contributed by atoms with Gasteiger partial charge in [0.05, 0.1) is 16.7 Å². The summed E-state index contributed by atoms with van der Waals surface area (Å²) in [6, 6.07) is 16.8. The van der Waals surface area contributed by atoms with E-state index in [2.05, 4.69) is 73.0 Å². The molecule has 0 bridgehead atoms. The van der Waals surface area contributed by atoms with Gasteiger partial charge in [-0.15, -0.1) is 0 Å². The molecular formula is C56H66FN11O5. The van der Waals surface area contributed by atoms with Crippen LogP contribution in [0.1, 0.15) is 110 Å². The molecule has 3 atom stereocenters. The van der Waals surface area contributed by atoms with E-state index in [1.807, 2.05) is 47.7 Å². The number of fused-ring (bicyclic) bond motifs is 2. The monoisotopic (exact) mass is 992 g/mol. The Bertz CT molecular complexity index is 3300. The van der Waals surface area contributed by atoms with E-state index in [4.69, 9.17) is 0 Å². The van der Waals surface area contributed by atoms with Crippen LogP contribution in [0.3, 0.4) is 0 Å². The highest BCUT2D eigenvalue weighted by molar-refractivity contribution is 6.00. The third kappa shape index (κ3) is 9.24. The average molecular weight is 992 g/mol. The Morgan fingerprint density at radius 1 is 0.904 bits per heavy atom. The third-order valence-electron chi connectivity index (χ3n) is 16.5. The number of aryl methyl sites for hydroxylation is 2. The number of piperidine rings is 2. The van der Waals surface area contributed by atoms with E-state index in [1.165, 1.54) is 6.07 Å². The average Bonchev–Trinajstić information content (AvgIpc) is 4.10. The van der Waals surface area contributed by atoms with Crippen LogP contribution in [0.2, 0.25) is 0 Å². The van der Waals surface area contributed by atoms with Crippen molar-refractivity contribution < 1.29 is 18.8 Å². The van der Waals surface area contributed by atoms with Crippen LogP contribution < -0.4 is 21.9 Å². The minimum atomic E-state index is -0.690. The predicted octanol–water partition coefficient (Wildman–Crippen LogP) is 6.55. The molecule has 1 saturated carbocycles. The van der Waals surface area contributed by atoms with E-state index >= 15 is 4.39 Å². The summed E-state index contributed by atoms with van der Waals surface area (Å²) in [7, 11) is 3.80. The number of amides is 3. The van der Waals surface area contributed by atoms with Crippen molar-refractivity contribution in [2.75, 3.05) is 64.7 Å². The van der Waals surface area contributed by atoms with Gasteiger partial charge < -0.3 is 14.8 Å². The number of halogens is 1. The van der Waals surface area contributed by atoms with Crippen LogP contribution in [0, 0.1) is 18.7 Å². The molecule has 2 N–H and O–H groups in total. The molecule has 0 unspecified atom stereocenters. The number of benzene rings is 2. The Balaban J connectivity index is 0.679. The number of nitrogens with zero attached hydrogens (tertiary/aromatic N) is 9. The summed E-state index contributed by atoms with van der Waals surface area (Å²) < 4.78 is 23.4. The first-order chi connectivity index (χ1) is 35.2. The van der Waals surface area contributed by atoms with Gasteiger partial charge in [-0.3, -0.25) is 52.9 Å². The van der Waals surface area contributed by atoms with Crippen molar-refractivity contribution in [3.8, 4) is 5.69 Å². The number of hydrogen-bond donors (Lipinski definition) is 2. The molecule has 382 valence electrons. The van der Waals surface area contributed by atoms with Gasteiger partial charge in [0, 0.05) is 144 Å². The SMILES string of the molecule is CNc1ccn(-c2ccnc3c2cc([C@H](C)N2CC=C(c4c(C)cc(C(=O)N5CCC(CN6CCN(Cc7ccc8c(c7)n(C7CC7)c(=O)n8[C@H]7CCC(=O)NC7=O)C[C@@H]6C)CC5)cc4F)CC2)n3C)c(=O)c1. The van der Waals surface area contributed by atoms with Crippen molar-refractivity contribution in [2.45, 2.75) is 96.4 Å². The quantitative estimate of drug-likeness (QED) is 0.129. The summed E-state index contributed by atoms with van der Waals surface area (Å²) in [6.45, 7) is 13.6. The van der Waals surface area contributed by atoms with E-state index in [9.17, 15) is 24.0 Å². The second kappa shape index (κ2) is 19.6. The van der Waals surface area contributed by atoms with Gasteiger partial charge in [0.1, 0.15) is 17.5 Å². The highest BCUT2D eigenvalue weighted by Crippen LogP contribution is 2.38. The molecule has 8 heterocycles. The third-order valence-corrected chi connectivity index (χ3v) is 16.5. The number of likely N-dealkylation sites (tertiary alicyclic amines) is 1. The van der Waals surface area contributed by atoms with Gasteiger partial charge in [-0.2, -0.15) is 0 Å². The molecule has 3 amide bonds. The topological polar surface area (TPSA) is 155 Å². The van der Waals surface area contributed by atoms with Crippen molar-refractivity contribution in [1.82, 2.24) is 48.2 Å². The molecule has 0 spiro atoms. The first-order valence-electron chi connectivity index (χ1n) is 26.2. The molecule has 2 aromatic carbocycles. The Labute approximate surface area is 424 Å². The molecule has 6 aromatic rings. The number of piperazine rings is 1. The van der Waals surface area contributed by atoms with Gasteiger partial charge in [-0.1, -0.05) is 12.1 Å². The fourth-order valence-corrected chi connectivity index (χ4v) is 12.3. The lowest BCUT2D eigenvalue weighted by Gasteiger charge is -2.42. The Morgan fingerprint density at radius 3 is 2.41 bits per heavy atom. The van der Waals surface area contributed by atoms with Crippen LogP contribution in [0.25, 0.3) is 33.3 Å². The highest BCUT2D eigenvalue weighted by Gasteiger charge is 2.36. The maximum absolute atomic E-state index is 16.2. The predicted molar refractivity (Wildman–Crippen MR) is 280 cm³/mol. The number of carbonyl (C=O) groups is 3. The fourth-order valence-electron chi connectivity index (χ4n) is 12.3. The first kappa shape index (κ1) is 48.6. The lowest BCUT2D eigenvalue weighted by molar-refractivity contribution is -0.135. The normalized spacial score (nSPS) is 21.2. The van der Waals surface area contributed by atoms with Crippen LogP contribution in [-0.4, -0.2) is 126 Å². The van der Waals surface area contributed by atoms with Gasteiger partial charge >= 0.3 is 5.69 Å². The zero-order chi connectivity index (χ0) is 50.8. The summed E-state index contributed by atoms with van der Waals surface area (Å²) in [5.41, 5.74) is 8.56. The van der Waals surface area contributed by atoms with Crippen LogP contribution in [0.15, 0.2) is 82.7 Å². The highest BCUT2D eigenvalue weighted by atomic mass is 19.1. The largest absolute Gasteiger partial charge is 0.388 e. The second-order valence-corrected chi connectivity index (χ2v) is 21.2. The van der Waals surface area contributed by atoms with Gasteiger partial charge in [-0.25, -0.2) is 14.2 Å². The van der Waals surface area contributed by atoms with Gasteiger partial charge in [-0.05, 0) is 124 Å². The molecule has 3 saturated heterocycles. The first-order valence-corrected chi connectivity index (χ1v) is 26.2. The van der Waals surface area contributed by atoms with Gasteiger partial charge in [0.2, 0.25) is 11.8 Å². The maximum Gasteiger partial charge on any atom is 0.330 e. The van der Waals surface area contributed by atoms with Gasteiger partial charge in [0.25, 0.3) is 11.5 Å². The zero-order valence-corrected chi connectivity index (χ0v) is 42.6. The molecule has 1 aliphatic carbocycles. The molecule has 4 fully saturated rings. The van der Waals surface area contributed by atoms with E-state index < -0.39 is 11.9 Å². The lowest BCUT2D eigenvalue weighted by Crippen LogP contribution is -2.53. The van der Waals surface area contributed by atoms with Crippen LogP contribution >= 0.6 is 0 Å². The lowest BCUT2D eigenvalue weighted by atomic mass is 9.92. The van der Waals surface area contributed by atoms with Crippen LogP contribution in [0.5, 0.6) is 0 Å². The number of anilines is 1. The molecule has 17 heteroatoms. The molecule has 0 radical (unpaired) electrons. The number of hydrogen-bond acceptors (Lipinski definition) is 10. The van der Waals surface area contributed by atoms with E-state index in [0.717, 1.165) is 121 Å². The Kier molecular flexibility index (Phi) is 13.1. The summed E-state index contributed by atoms with van der Waals surface area (Å²) in [5.74, 6) is -0.702. The standard InChI is InChI=1S/C56H66FN11O5/c1-34-26-40(28-44(57)52(34)39-15-21-63(22-16-39)36(3)48-30-43-45(12-18-59-53(43)61(48)5)66-23-17-41(58-4)29-51(66)70)55(72)64-19-13-37(14-20-64)33-65-25-24-62(31-35(65)2)32-38-6-9-46-49(27-38)67(42-7-8-42)56(73)68(46)47-10-11-50(69)60-54(47)71/h6,9,12,15,17-18,23,26-30,35-37,42,47,58H,7-8,10-11,13-14,16,19-22,24-25,31-33H2,1-5H3,(H,60,69,71)/t35-,36-,47-/m0/s1. The van der Waals surface area contributed by atoms with Crippen molar-refractivity contribution >= 4 is 51.0 Å². The maximum atomic E-state index is 16.2. The summed E-state index contributed by atoms with van der Waals surface area (Å²) in [4.78, 5) is 79.4. The van der Waals surface area contributed by atoms with E-state index in [-0.39, 0.29) is 47.4 Å². The Hall–Kier alpha value is -6.69. The number of pyridine rings is 2. The van der Waals surface area contributed by atoms with E-state index in [1.54, 1.807) is 34.6 Å². The molecule has 73 heavy (non-hydrogen) atoms. The summed E-state index contributed by atoms with van der Waals surface area (Å²) in [6.07, 6.45) is 10.5. The molecule has 4 aromatic heterocycles. The number of rotatable bonds is 12. The molecule has 16 nitrogen and oxygen atoms in total. The Morgan fingerprint density at radius 2 is 1.71 bits per heavy atom. The number of carbonyl (C=O) groups excluding carboxylic acids is 3. The minimum absolute atomic E-state index is 0.0306. The smallest absolute Gasteiger partial charge is 0.330 e. The number of imidazole rings is 1. The summed E-state index contributed by atoms with van der Waals surface area (Å²) in [5, 5.41) is 6.34. The van der Waals surface area contributed by atoms with Crippen molar-refractivity contribution in [3.05, 3.63) is 128 Å². The molecule has 5 aliphatic rings. The second-order valence-electron chi connectivity index (χ2n) is 21.2. The van der Waals surface area contributed by atoms with Crippen LogP contribution in [-0.2, 0) is 23.2 Å². The molecule has 4 aliphatic heterocycles. The number of nitrogens with one attached hydrogen (secondary N) is 2. The summed E-state index contributed by atoms with van der Waals surface area (Å²) >= 11 is 0. The van der Waals surface area contributed by atoms with E-state index in [0.29, 0.717) is 55.6 Å². The fraction of sp³-hybridized carbons (Fsp3) is 0.464. The van der Waals surface area contributed by atoms with Crippen molar-refractivity contribution in [1.29, 1.82) is 0 Å².